The van der Waals surface area contributed by atoms with Gasteiger partial charge in [-0.1, -0.05) is 13.0 Å². The predicted molar refractivity (Wildman–Crippen MR) is 81.0 cm³/mol. The zero-order chi connectivity index (χ0) is 15.2. The van der Waals surface area contributed by atoms with Gasteiger partial charge in [0.05, 0.1) is 0 Å². The molecule has 1 aromatic carbocycles. The first kappa shape index (κ1) is 16.0. The average molecular weight is 277 g/mol. The molecule has 110 valence electrons. The topological polar surface area (TPSA) is 70.2 Å². The first-order valence-corrected chi connectivity index (χ1v) is 6.79. The van der Waals surface area contributed by atoms with E-state index in [1.807, 2.05) is 27.7 Å². The van der Waals surface area contributed by atoms with Crippen molar-refractivity contribution in [3.63, 3.8) is 0 Å². The smallest absolute Gasteiger partial charge is 0.319 e. The highest BCUT2D eigenvalue weighted by Crippen LogP contribution is 2.12. The van der Waals surface area contributed by atoms with Gasteiger partial charge < -0.3 is 16.0 Å². The Bertz CT molecular complexity index is 478. The molecule has 0 aliphatic heterocycles. The van der Waals surface area contributed by atoms with E-state index in [4.69, 9.17) is 0 Å². The number of urea groups is 1. The van der Waals surface area contributed by atoms with Gasteiger partial charge in [0.15, 0.2) is 0 Å². The minimum absolute atomic E-state index is 0.157. The molecule has 0 spiro atoms. The number of benzene rings is 1. The molecule has 0 heterocycles. The summed E-state index contributed by atoms with van der Waals surface area (Å²) in [6.45, 7) is 8.37. The normalized spacial score (nSPS) is 10.8. The summed E-state index contributed by atoms with van der Waals surface area (Å²) in [6, 6.07) is 6.61. The molecule has 0 bridgehead atoms. The quantitative estimate of drug-likeness (QED) is 0.792. The number of carbonyl (C=O) groups is 2. The first-order chi connectivity index (χ1) is 9.31. The predicted octanol–water partition coefficient (Wildman–Crippen LogP) is 2.75. The second-order valence-electron chi connectivity index (χ2n) is 5.67. The van der Waals surface area contributed by atoms with Gasteiger partial charge in [0, 0.05) is 23.3 Å². The number of hydrogen-bond acceptors (Lipinski definition) is 2. The molecule has 0 atom stereocenters. The highest BCUT2D eigenvalue weighted by molar-refractivity contribution is 5.97. The maximum atomic E-state index is 12.0. The van der Waals surface area contributed by atoms with Crippen LogP contribution in [0.2, 0.25) is 0 Å². The number of hydrogen-bond donors (Lipinski definition) is 3. The van der Waals surface area contributed by atoms with E-state index in [9.17, 15) is 9.59 Å². The fourth-order valence-electron chi connectivity index (χ4n) is 1.56. The molecule has 0 aromatic heterocycles. The summed E-state index contributed by atoms with van der Waals surface area (Å²) in [7, 11) is 0. The summed E-state index contributed by atoms with van der Waals surface area (Å²) in [4.78, 5) is 23.6. The Morgan fingerprint density at radius 1 is 1.20 bits per heavy atom. The molecule has 0 aliphatic rings. The van der Waals surface area contributed by atoms with E-state index in [-0.39, 0.29) is 17.5 Å². The van der Waals surface area contributed by atoms with Crippen LogP contribution in [0.1, 0.15) is 44.5 Å². The van der Waals surface area contributed by atoms with Gasteiger partial charge >= 0.3 is 6.03 Å². The molecule has 0 saturated heterocycles. The van der Waals surface area contributed by atoms with Crippen molar-refractivity contribution in [2.75, 3.05) is 11.9 Å². The van der Waals surface area contributed by atoms with Crippen LogP contribution in [0.25, 0.3) is 0 Å². The molecule has 0 aliphatic carbocycles. The summed E-state index contributed by atoms with van der Waals surface area (Å²) < 4.78 is 0. The lowest BCUT2D eigenvalue weighted by atomic mass is 10.1. The van der Waals surface area contributed by atoms with Gasteiger partial charge in [-0.25, -0.2) is 4.79 Å². The third-order valence-corrected chi connectivity index (χ3v) is 2.41. The molecule has 3 N–H and O–H groups in total. The van der Waals surface area contributed by atoms with Crippen LogP contribution in [0, 0.1) is 0 Å². The van der Waals surface area contributed by atoms with Crippen molar-refractivity contribution >= 4 is 17.6 Å². The zero-order valence-electron chi connectivity index (χ0n) is 12.5. The summed E-state index contributed by atoms with van der Waals surface area (Å²) in [5.74, 6) is -0.157. The summed E-state index contributed by atoms with van der Waals surface area (Å²) in [5, 5.41) is 8.30. The van der Waals surface area contributed by atoms with Crippen molar-refractivity contribution in [1.82, 2.24) is 10.6 Å². The number of amides is 3. The Hall–Kier alpha value is -2.04. The van der Waals surface area contributed by atoms with Gasteiger partial charge in [-0.05, 0) is 45.4 Å². The SMILES string of the molecule is CCCNC(=O)Nc1cccc(C(=O)NC(C)(C)C)c1. The van der Waals surface area contributed by atoms with Gasteiger partial charge in [0.2, 0.25) is 0 Å². The fourth-order valence-corrected chi connectivity index (χ4v) is 1.56. The maximum Gasteiger partial charge on any atom is 0.319 e. The zero-order valence-corrected chi connectivity index (χ0v) is 12.5. The van der Waals surface area contributed by atoms with Gasteiger partial charge in [0.25, 0.3) is 5.91 Å². The molecular formula is C15H23N3O2. The van der Waals surface area contributed by atoms with Crippen LogP contribution in [-0.4, -0.2) is 24.0 Å². The lowest BCUT2D eigenvalue weighted by Crippen LogP contribution is -2.40. The Morgan fingerprint density at radius 3 is 2.50 bits per heavy atom. The van der Waals surface area contributed by atoms with Gasteiger partial charge in [-0.3, -0.25) is 4.79 Å². The molecule has 0 radical (unpaired) electrons. The number of anilines is 1. The van der Waals surface area contributed by atoms with Gasteiger partial charge in [-0.2, -0.15) is 0 Å². The molecule has 1 aromatic rings. The number of nitrogens with one attached hydrogen (secondary N) is 3. The van der Waals surface area contributed by atoms with Crippen LogP contribution in [-0.2, 0) is 0 Å². The highest BCUT2D eigenvalue weighted by Gasteiger charge is 2.15. The molecule has 0 unspecified atom stereocenters. The first-order valence-electron chi connectivity index (χ1n) is 6.79. The summed E-state index contributed by atoms with van der Waals surface area (Å²) in [6.07, 6.45) is 0.876. The van der Waals surface area contributed by atoms with Crippen LogP contribution >= 0.6 is 0 Å². The van der Waals surface area contributed by atoms with Crippen molar-refractivity contribution in [3.8, 4) is 0 Å². The van der Waals surface area contributed by atoms with Gasteiger partial charge in [-0.15, -0.1) is 0 Å². The van der Waals surface area contributed by atoms with E-state index >= 15 is 0 Å². The van der Waals surface area contributed by atoms with E-state index in [1.54, 1.807) is 24.3 Å². The van der Waals surface area contributed by atoms with E-state index in [0.29, 0.717) is 17.8 Å². The Kier molecular flexibility index (Phi) is 5.55. The molecule has 0 saturated carbocycles. The molecule has 3 amide bonds. The number of rotatable bonds is 4. The average Bonchev–Trinajstić information content (AvgIpc) is 2.34. The Balaban J connectivity index is 2.70. The molecule has 0 fully saturated rings. The Labute approximate surface area is 120 Å². The fraction of sp³-hybridized carbons (Fsp3) is 0.467. The van der Waals surface area contributed by atoms with Crippen molar-refractivity contribution in [1.29, 1.82) is 0 Å². The molecule has 5 nitrogen and oxygen atoms in total. The lowest BCUT2D eigenvalue weighted by molar-refractivity contribution is 0.0919. The van der Waals surface area contributed by atoms with Crippen LogP contribution in [0.15, 0.2) is 24.3 Å². The van der Waals surface area contributed by atoms with Crippen molar-refractivity contribution in [2.45, 2.75) is 39.7 Å². The Morgan fingerprint density at radius 2 is 1.90 bits per heavy atom. The van der Waals surface area contributed by atoms with Gasteiger partial charge in [0.1, 0.15) is 0 Å². The molecular weight excluding hydrogens is 254 g/mol. The van der Waals surface area contributed by atoms with Crippen LogP contribution in [0.4, 0.5) is 10.5 Å². The third kappa shape index (κ3) is 5.73. The highest BCUT2D eigenvalue weighted by atomic mass is 16.2. The van der Waals surface area contributed by atoms with Crippen molar-refractivity contribution < 1.29 is 9.59 Å². The molecule has 20 heavy (non-hydrogen) atoms. The van der Waals surface area contributed by atoms with Crippen LogP contribution in [0.5, 0.6) is 0 Å². The second kappa shape index (κ2) is 6.93. The van der Waals surface area contributed by atoms with E-state index in [2.05, 4.69) is 16.0 Å². The monoisotopic (exact) mass is 277 g/mol. The largest absolute Gasteiger partial charge is 0.347 e. The van der Waals surface area contributed by atoms with E-state index in [0.717, 1.165) is 6.42 Å². The second-order valence-corrected chi connectivity index (χ2v) is 5.67. The minimum atomic E-state index is -0.293. The third-order valence-electron chi connectivity index (χ3n) is 2.41. The summed E-state index contributed by atoms with van der Waals surface area (Å²) in [5.41, 5.74) is 0.826. The maximum absolute atomic E-state index is 12.0. The van der Waals surface area contributed by atoms with Crippen molar-refractivity contribution in [2.24, 2.45) is 0 Å². The lowest BCUT2D eigenvalue weighted by Gasteiger charge is -2.20. The van der Waals surface area contributed by atoms with E-state index < -0.39 is 0 Å². The standard InChI is InChI=1S/C15H23N3O2/c1-5-9-16-14(20)17-12-8-6-7-11(10-12)13(19)18-15(2,3)4/h6-8,10H,5,9H2,1-4H3,(H,18,19)(H2,16,17,20). The molecule has 5 heteroatoms. The minimum Gasteiger partial charge on any atom is -0.347 e. The summed E-state index contributed by atoms with van der Waals surface area (Å²) >= 11 is 0. The van der Waals surface area contributed by atoms with Crippen LogP contribution in [0.3, 0.4) is 0 Å². The number of carbonyl (C=O) groups excluding carboxylic acids is 2. The molecule has 1 rings (SSSR count). The van der Waals surface area contributed by atoms with Crippen LogP contribution < -0.4 is 16.0 Å². The van der Waals surface area contributed by atoms with E-state index in [1.165, 1.54) is 0 Å². The van der Waals surface area contributed by atoms with Crippen molar-refractivity contribution in [3.05, 3.63) is 29.8 Å².